The van der Waals surface area contributed by atoms with E-state index in [0.717, 1.165) is 6.20 Å². The van der Waals surface area contributed by atoms with E-state index in [1.807, 2.05) is 0 Å². The van der Waals surface area contributed by atoms with Crippen LogP contribution in [0.25, 0.3) is 0 Å². The van der Waals surface area contributed by atoms with Crippen molar-refractivity contribution >= 4 is 17.3 Å². The van der Waals surface area contributed by atoms with Crippen molar-refractivity contribution in [1.82, 2.24) is 4.98 Å². The standard InChI is InChI=1S/C12H7F4N3O/c13-6-3-7(14)10(16)11(9(6)15)19-12(20)5-1-2-18-4-8(5)17/h1-4H,17H2,(H,19,20). The Morgan fingerprint density at radius 1 is 1.15 bits per heavy atom. The maximum Gasteiger partial charge on any atom is 0.258 e. The molecule has 0 aliphatic heterocycles. The van der Waals surface area contributed by atoms with E-state index in [0.29, 0.717) is 0 Å². The van der Waals surface area contributed by atoms with Crippen molar-refractivity contribution < 1.29 is 22.4 Å². The number of nitrogens with zero attached hydrogens (tertiary/aromatic N) is 1. The summed E-state index contributed by atoms with van der Waals surface area (Å²) in [6, 6.07) is 1.23. The molecule has 0 unspecified atom stereocenters. The zero-order valence-electron chi connectivity index (χ0n) is 9.75. The predicted octanol–water partition coefficient (Wildman–Crippen LogP) is 2.47. The van der Waals surface area contributed by atoms with Crippen LogP contribution in [0, 0.1) is 23.3 Å². The summed E-state index contributed by atoms with van der Waals surface area (Å²) in [6.07, 6.45) is 2.37. The summed E-state index contributed by atoms with van der Waals surface area (Å²) in [5, 5.41) is 1.74. The van der Waals surface area contributed by atoms with Crippen LogP contribution in [-0.4, -0.2) is 10.9 Å². The van der Waals surface area contributed by atoms with Gasteiger partial charge in [-0.05, 0) is 6.07 Å². The lowest BCUT2D eigenvalue weighted by atomic mass is 10.2. The molecule has 0 radical (unpaired) electrons. The lowest BCUT2D eigenvalue weighted by Gasteiger charge is -2.09. The minimum atomic E-state index is -1.70. The molecular formula is C12H7F4N3O. The van der Waals surface area contributed by atoms with Crippen LogP contribution in [0.3, 0.4) is 0 Å². The van der Waals surface area contributed by atoms with Gasteiger partial charge in [0.1, 0.15) is 5.69 Å². The normalized spacial score (nSPS) is 10.4. The van der Waals surface area contributed by atoms with Crippen LogP contribution in [-0.2, 0) is 0 Å². The first-order valence-corrected chi connectivity index (χ1v) is 5.25. The number of carbonyl (C=O) groups excluding carboxylic acids is 1. The molecule has 1 aromatic heterocycles. The van der Waals surface area contributed by atoms with E-state index in [1.165, 1.54) is 12.3 Å². The highest BCUT2D eigenvalue weighted by Gasteiger charge is 2.22. The van der Waals surface area contributed by atoms with Gasteiger partial charge in [-0.15, -0.1) is 0 Å². The van der Waals surface area contributed by atoms with Crippen molar-refractivity contribution in [2.45, 2.75) is 0 Å². The van der Waals surface area contributed by atoms with Crippen LogP contribution < -0.4 is 11.1 Å². The molecule has 0 saturated carbocycles. The highest BCUT2D eigenvalue weighted by Crippen LogP contribution is 2.25. The molecule has 2 aromatic rings. The SMILES string of the molecule is Nc1cnccc1C(=O)Nc1c(F)c(F)cc(F)c1F. The molecule has 1 amide bonds. The second-order valence-corrected chi connectivity index (χ2v) is 3.76. The minimum absolute atomic E-state index is 0.0428. The largest absolute Gasteiger partial charge is 0.397 e. The number of nitrogen functional groups attached to an aromatic ring is 1. The summed E-state index contributed by atoms with van der Waals surface area (Å²) in [7, 11) is 0. The maximum absolute atomic E-state index is 13.4. The molecule has 0 spiro atoms. The Labute approximate surface area is 110 Å². The highest BCUT2D eigenvalue weighted by molar-refractivity contribution is 6.07. The molecule has 104 valence electrons. The molecule has 3 N–H and O–H groups in total. The van der Waals surface area contributed by atoms with Crippen molar-refractivity contribution in [3.8, 4) is 0 Å². The van der Waals surface area contributed by atoms with Crippen molar-refractivity contribution in [2.24, 2.45) is 0 Å². The van der Waals surface area contributed by atoms with Gasteiger partial charge in [-0.3, -0.25) is 9.78 Å². The molecule has 1 aromatic carbocycles. The second-order valence-electron chi connectivity index (χ2n) is 3.76. The van der Waals surface area contributed by atoms with Crippen LogP contribution in [0.2, 0.25) is 0 Å². The van der Waals surface area contributed by atoms with Gasteiger partial charge in [0.25, 0.3) is 5.91 Å². The third-order valence-corrected chi connectivity index (χ3v) is 2.45. The van der Waals surface area contributed by atoms with Crippen LogP contribution in [0.5, 0.6) is 0 Å². The van der Waals surface area contributed by atoms with Crippen molar-refractivity contribution in [3.63, 3.8) is 0 Å². The van der Waals surface area contributed by atoms with Crippen LogP contribution >= 0.6 is 0 Å². The number of aromatic nitrogens is 1. The zero-order chi connectivity index (χ0) is 14.9. The van der Waals surface area contributed by atoms with Gasteiger partial charge in [0.2, 0.25) is 0 Å². The monoisotopic (exact) mass is 285 g/mol. The molecule has 20 heavy (non-hydrogen) atoms. The summed E-state index contributed by atoms with van der Waals surface area (Å²) in [5.74, 6) is -7.67. The van der Waals surface area contributed by atoms with E-state index in [-0.39, 0.29) is 17.3 Å². The summed E-state index contributed by atoms with van der Waals surface area (Å²) in [4.78, 5) is 15.4. The molecular weight excluding hydrogens is 278 g/mol. The lowest BCUT2D eigenvalue weighted by molar-refractivity contribution is 0.102. The average molecular weight is 285 g/mol. The van der Waals surface area contributed by atoms with Gasteiger partial charge in [-0.2, -0.15) is 0 Å². The van der Waals surface area contributed by atoms with E-state index in [4.69, 9.17) is 5.73 Å². The Kier molecular flexibility index (Phi) is 3.55. The number of benzene rings is 1. The van der Waals surface area contributed by atoms with Gasteiger partial charge in [-0.25, -0.2) is 17.6 Å². The summed E-state index contributed by atoms with van der Waals surface area (Å²) < 4.78 is 52.7. The number of amides is 1. The van der Waals surface area contributed by atoms with Crippen molar-refractivity contribution in [2.75, 3.05) is 11.1 Å². The number of anilines is 2. The molecule has 0 fully saturated rings. The van der Waals surface area contributed by atoms with Crippen LogP contribution in [0.1, 0.15) is 10.4 Å². The molecule has 0 atom stereocenters. The van der Waals surface area contributed by atoms with Gasteiger partial charge in [0, 0.05) is 12.3 Å². The number of pyridine rings is 1. The maximum atomic E-state index is 13.4. The van der Waals surface area contributed by atoms with E-state index >= 15 is 0 Å². The third kappa shape index (κ3) is 2.40. The molecule has 0 bridgehead atoms. The van der Waals surface area contributed by atoms with Gasteiger partial charge >= 0.3 is 0 Å². The highest BCUT2D eigenvalue weighted by atomic mass is 19.2. The van der Waals surface area contributed by atoms with E-state index < -0.39 is 34.9 Å². The van der Waals surface area contributed by atoms with Gasteiger partial charge in [0.15, 0.2) is 23.3 Å². The Morgan fingerprint density at radius 2 is 1.75 bits per heavy atom. The number of nitrogens with two attached hydrogens (primary N) is 1. The smallest absolute Gasteiger partial charge is 0.258 e. The molecule has 8 heteroatoms. The molecule has 1 heterocycles. The van der Waals surface area contributed by atoms with Gasteiger partial charge in [0.05, 0.1) is 17.4 Å². The number of hydrogen-bond acceptors (Lipinski definition) is 3. The van der Waals surface area contributed by atoms with Crippen molar-refractivity contribution in [3.05, 3.63) is 53.4 Å². The fourth-order valence-corrected chi connectivity index (χ4v) is 1.48. The second kappa shape index (κ2) is 5.16. The molecule has 0 saturated heterocycles. The number of rotatable bonds is 2. The van der Waals surface area contributed by atoms with E-state index in [9.17, 15) is 22.4 Å². The fourth-order valence-electron chi connectivity index (χ4n) is 1.48. The molecule has 4 nitrogen and oxygen atoms in total. The Morgan fingerprint density at radius 3 is 2.30 bits per heavy atom. The van der Waals surface area contributed by atoms with Gasteiger partial charge < -0.3 is 11.1 Å². The first-order valence-electron chi connectivity index (χ1n) is 5.25. The first kappa shape index (κ1) is 13.8. The molecule has 2 rings (SSSR count). The van der Waals surface area contributed by atoms with Crippen LogP contribution in [0.4, 0.5) is 28.9 Å². The quantitative estimate of drug-likeness (QED) is 0.658. The summed E-state index contributed by atoms with van der Waals surface area (Å²) >= 11 is 0. The molecule has 0 aliphatic carbocycles. The molecule has 0 aliphatic rings. The Bertz CT molecular complexity index is 664. The third-order valence-electron chi connectivity index (χ3n) is 2.45. The number of hydrogen-bond donors (Lipinski definition) is 2. The first-order chi connectivity index (χ1) is 9.41. The number of carbonyl (C=O) groups is 1. The summed E-state index contributed by atoms with van der Waals surface area (Å²) in [5.41, 5.74) is 4.04. The lowest BCUT2D eigenvalue weighted by Crippen LogP contribution is -2.17. The summed E-state index contributed by atoms with van der Waals surface area (Å²) in [6.45, 7) is 0. The van der Waals surface area contributed by atoms with Crippen molar-refractivity contribution in [1.29, 1.82) is 0 Å². The van der Waals surface area contributed by atoms with Crippen LogP contribution in [0.15, 0.2) is 24.5 Å². The Balaban J connectivity index is 2.41. The zero-order valence-corrected chi connectivity index (χ0v) is 9.75. The van der Waals surface area contributed by atoms with E-state index in [2.05, 4.69) is 4.98 Å². The fraction of sp³-hybridized carbons (Fsp3) is 0. The van der Waals surface area contributed by atoms with Gasteiger partial charge in [-0.1, -0.05) is 0 Å². The Hall–Kier alpha value is -2.64. The number of halogens is 4. The number of nitrogens with one attached hydrogen (secondary N) is 1. The average Bonchev–Trinajstić information content (AvgIpc) is 2.41. The topological polar surface area (TPSA) is 68.0 Å². The minimum Gasteiger partial charge on any atom is -0.397 e. The predicted molar refractivity (Wildman–Crippen MR) is 62.9 cm³/mol. The van der Waals surface area contributed by atoms with E-state index in [1.54, 1.807) is 5.32 Å².